The maximum atomic E-state index is 13.0. The van der Waals surface area contributed by atoms with Gasteiger partial charge < -0.3 is 10.8 Å². The van der Waals surface area contributed by atoms with Gasteiger partial charge in [0.15, 0.2) is 0 Å². The van der Waals surface area contributed by atoms with Crippen LogP contribution in [0.2, 0.25) is 0 Å². The van der Waals surface area contributed by atoms with Crippen LogP contribution in [0.25, 0.3) is 0 Å². The highest BCUT2D eigenvalue weighted by molar-refractivity contribution is 5.28. The first-order valence-electron chi connectivity index (χ1n) is 6.17. The minimum Gasteiger partial charge on any atom is -0.396 e. The number of nitrogens with two attached hydrogens (primary N) is 1. The van der Waals surface area contributed by atoms with Crippen molar-refractivity contribution in [1.29, 1.82) is 0 Å². The molecule has 3 heteroatoms. The number of benzene rings is 1. The van der Waals surface area contributed by atoms with Crippen molar-refractivity contribution in [3.8, 4) is 0 Å². The Kier molecular flexibility index (Phi) is 3.50. The molecule has 1 fully saturated rings. The van der Waals surface area contributed by atoms with Crippen LogP contribution in [0.3, 0.4) is 0 Å². The van der Waals surface area contributed by atoms with Crippen LogP contribution in [0.5, 0.6) is 0 Å². The first-order valence-corrected chi connectivity index (χ1v) is 6.17. The van der Waals surface area contributed by atoms with Crippen molar-refractivity contribution in [2.24, 2.45) is 17.1 Å². The minimum atomic E-state index is -0.208. The van der Waals surface area contributed by atoms with E-state index >= 15 is 0 Å². The Bertz CT molecular complexity index is 397. The first kappa shape index (κ1) is 12.5. The van der Waals surface area contributed by atoms with Crippen molar-refractivity contribution in [2.75, 3.05) is 13.2 Å². The van der Waals surface area contributed by atoms with Crippen LogP contribution in [0, 0.1) is 24.1 Å². The van der Waals surface area contributed by atoms with Gasteiger partial charge in [-0.15, -0.1) is 0 Å². The number of hydrogen-bond acceptors (Lipinski definition) is 2. The molecule has 2 nitrogen and oxygen atoms in total. The SMILES string of the molecule is Cc1cc(F)ccc1CC(CN)(CO)C1CC1. The third kappa shape index (κ3) is 2.50. The molecule has 0 aliphatic heterocycles. The fourth-order valence-corrected chi connectivity index (χ4v) is 2.57. The van der Waals surface area contributed by atoms with E-state index in [1.54, 1.807) is 6.07 Å². The van der Waals surface area contributed by atoms with E-state index in [-0.39, 0.29) is 17.8 Å². The summed E-state index contributed by atoms with van der Waals surface area (Å²) >= 11 is 0. The highest BCUT2D eigenvalue weighted by atomic mass is 19.1. The highest BCUT2D eigenvalue weighted by Gasteiger charge is 2.43. The summed E-state index contributed by atoms with van der Waals surface area (Å²) in [5, 5.41) is 9.64. The van der Waals surface area contributed by atoms with Gasteiger partial charge in [0.25, 0.3) is 0 Å². The van der Waals surface area contributed by atoms with Crippen LogP contribution in [-0.2, 0) is 6.42 Å². The van der Waals surface area contributed by atoms with Gasteiger partial charge in [-0.3, -0.25) is 0 Å². The molecule has 1 unspecified atom stereocenters. The Labute approximate surface area is 102 Å². The molecule has 1 aliphatic carbocycles. The Hall–Kier alpha value is -0.930. The summed E-state index contributed by atoms with van der Waals surface area (Å²) in [7, 11) is 0. The van der Waals surface area contributed by atoms with Crippen LogP contribution >= 0.6 is 0 Å². The summed E-state index contributed by atoms with van der Waals surface area (Å²) in [6.45, 7) is 2.51. The zero-order chi connectivity index (χ0) is 12.5. The topological polar surface area (TPSA) is 46.2 Å². The lowest BCUT2D eigenvalue weighted by molar-refractivity contribution is 0.109. The molecule has 3 N–H and O–H groups in total. The Morgan fingerprint density at radius 1 is 1.47 bits per heavy atom. The van der Waals surface area contributed by atoms with Gasteiger partial charge in [0.2, 0.25) is 0 Å². The second-order valence-corrected chi connectivity index (χ2v) is 5.25. The lowest BCUT2D eigenvalue weighted by Crippen LogP contribution is -2.38. The van der Waals surface area contributed by atoms with E-state index in [4.69, 9.17) is 5.73 Å². The zero-order valence-corrected chi connectivity index (χ0v) is 10.2. The molecule has 0 heterocycles. The number of halogens is 1. The molecular formula is C14H20FNO. The predicted molar refractivity (Wildman–Crippen MR) is 66.1 cm³/mol. The lowest BCUT2D eigenvalue weighted by Gasteiger charge is -2.31. The molecule has 94 valence electrons. The van der Waals surface area contributed by atoms with Crippen molar-refractivity contribution >= 4 is 0 Å². The minimum absolute atomic E-state index is 0.116. The van der Waals surface area contributed by atoms with E-state index < -0.39 is 0 Å². The molecule has 0 radical (unpaired) electrons. The number of aliphatic hydroxyl groups is 1. The fraction of sp³-hybridized carbons (Fsp3) is 0.571. The summed E-state index contributed by atoms with van der Waals surface area (Å²) < 4.78 is 13.0. The van der Waals surface area contributed by atoms with Gasteiger partial charge in [-0.25, -0.2) is 4.39 Å². The summed E-state index contributed by atoms with van der Waals surface area (Å²) in [6, 6.07) is 4.84. The number of aryl methyl sites for hydroxylation is 1. The van der Waals surface area contributed by atoms with Gasteiger partial charge >= 0.3 is 0 Å². The van der Waals surface area contributed by atoms with E-state index in [1.807, 2.05) is 13.0 Å². The van der Waals surface area contributed by atoms with Crippen LogP contribution < -0.4 is 5.73 Å². The molecule has 0 spiro atoms. The summed E-state index contributed by atoms with van der Waals surface area (Å²) in [4.78, 5) is 0. The Morgan fingerprint density at radius 3 is 2.65 bits per heavy atom. The van der Waals surface area contributed by atoms with E-state index in [1.165, 1.54) is 6.07 Å². The number of hydrogen-bond donors (Lipinski definition) is 2. The molecule has 2 rings (SSSR count). The van der Waals surface area contributed by atoms with Gasteiger partial charge in [-0.05, 0) is 55.4 Å². The van der Waals surface area contributed by atoms with Gasteiger partial charge in [-0.2, -0.15) is 0 Å². The van der Waals surface area contributed by atoms with Crippen LogP contribution in [0.4, 0.5) is 4.39 Å². The second-order valence-electron chi connectivity index (χ2n) is 5.25. The smallest absolute Gasteiger partial charge is 0.123 e. The molecule has 0 bridgehead atoms. The van der Waals surface area contributed by atoms with Crippen LogP contribution in [0.1, 0.15) is 24.0 Å². The van der Waals surface area contributed by atoms with Crippen molar-refractivity contribution in [3.05, 3.63) is 35.1 Å². The van der Waals surface area contributed by atoms with E-state index in [0.717, 1.165) is 30.4 Å². The van der Waals surface area contributed by atoms with Gasteiger partial charge in [0, 0.05) is 12.0 Å². The molecule has 17 heavy (non-hydrogen) atoms. The summed E-state index contributed by atoms with van der Waals surface area (Å²) in [5.74, 6) is 0.321. The summed E-state index contributed by atoms with van der Waals surface area (Å²) in [5.41, 5.74) is 7.68. The normalized spacial score (nSPS) is 19.1. The summed E-state index contributed by atoms with van der Waals surface area (Å²) in [6.07, 6.45) is 3.05. The largest absolute Gasteiger partial charge is 0.396 e. The zero-order valence-electron chi connectivity index (χ0n) is 10.2. The third-order valence-corrected chi connectivity index (χ3v) is 4.01. The quantitative estimate of drug-likeness (QED) is 0.823. The van der Waals surface area contributed by atoms with Gasteiger partial charge in [-0.1, -0.05) is 6.07 Å². The molecular weight excluding hydrogens is 217 g/mol. The van der Waals surface area contributed by atoms with Gasteiger partial charge in [0.1, 0.15) is 5.82 Å². The first-order chi connectivity index (χ1) is 8.11. The average Bonchev–Trinajstić information content (AvgIpc) is 3.13. The van der Waals surface area contributed by atoms with Crippen molar-refractivity contribution in [1.82, 2.24) is 0 Å². The number of rotatable bonds is 5. The highest BCUT2D eigenvalue weighted by Crippen LogP contribution is 2.47. The van der Waals surface area contributed by atoms with Crippen LogP contribution in [0.15, 0.2) is 18.2 Å². The lowest BCUT2D eigenvalue weighted by atomic mass is 9.77. The number of aliphatic hydroxyl groups excluding tert-OH is 1. The van der Waals surface area contributed by atoms with Gasteiger partial charge in [0.05, 0.1) is 6.61 Å². The molecule has 1 aliphatic rings. The molecule has 0 amide bonds. The molecule has 1 atom stereocenters. The predicted octanol–water partition coefficient (Wildman–Crippen LogP) is 2.02. The average molecular weight is 237 g/mol. The van der Waals surface area contributed by atoms with Crippen molar-refractivity contribution in [2.45, 2.75) is 26.2 Å². The van der Waals surface area contributed by atoms with E-state index in [0.29, 0.717) is 12.5 Å². The molecule has 1 aromatic carbocycles. The monoisotopic (exact) mass is 237 g/mol. The van der Waals surface area contributed by atoms with Crippen molar-refractivity contribution in [3.63, 3.8) is 0 Å². The van der Waals surface area contributed by atoms with E-state index in [2.05, 4.69) is 0 Å². The maximum Gasteiger partial charge on any atom is 0.123 e. The molecule has 0 aromatic heterocycles. The molecule has 0 saturated heterocycles. The standard InChI is InChI=1S/C14H20FNO/c1-10-6-13(15)5-2-11(10)7-14(8-16,9-17)12-3-4-12/h2,5-6,12,17H,3-4,7-9,16H2,1H3. The Balaban J connectivity index is 2.22. The fourth-order valence-electron chi connectivity index (χ4n) is 2.57. The molecule has 1 saturated carbocycles. The molecule has 1 aromatic rings. The van der Waals surface area contributed by atoms with E-state index in [9.17, 15) is 9.50 Å². The van der Waals surface area contributed by atoms with Crippen molar-refractivity contribution < 1.29 is 9.50 Å². The maximum absolute atomic E-state index is 13.0. The van der Waals surface area contributed by atoms with Crippen LogP contribution in [-0.4, -0.2) is 18.3 Å². The second kappa shape index (κ2) is 4.75. The Morgan fingerprint density at radius 2 is 2.18 bits per heavy atom. The third-order valence-electron chi connectivity index (χ3n) is 4.01.